The van der Waals surface area contributed by atoms with Crippen molar-refractivity contribution in [3.05, 3.63) is 65.3 Å². The summed E-state index contributed by atoms with van der Waals surface area (Å²) in [6.07, 6.45) is 1.62. The molecule has 1 heterocycles. The summed E-state index contributed by atoms with van der Waals surface area (Å²) in [6, 6.07) is 13.8. The van der Waals surface area contributed by atoms with Crippen molar-refractivity contribution in [2.75, 3.05) is 12.5 Å². The highest BCUT2D eigenvalue weighted by atomic mass is 32.1. The zero-order valence-corrected chi connectivity index (χ0v) is 13.2. The summed E-state index contributed by atoms with van der Waals surface area (Å²) in [6.45, 7) is 0. The maximum atomic E-state index is 12.8. The van der Waals surface area contributed by atoms with Gasteiger partial charge in [0.05, 0.1) is 19.0 Å². The molecule has 3 aromatic rings. The first-order valence-electron chi connectivity index (χ1n) is 6.89. The summed E-state index contributed by atoms with van der Waals surface area (Å²) in [5.74, 6) is 0.547. The van der Waals surface area contributed by atoms with Crippen LogP contribution < -0.4 is 10.2 Å². The molecule has 0 fully saturated rings. The van der Waals surface area contributed by atoms with Crippen molar-refractivity contribution in [2.45, 2.75) is 0 Å². The smallest absolute Gasteiger partial charge is 0.203 e. The fourth-order valence-corrected chi connectivity index (χ4v) is 2.60. The van der Waals surface area contributed by atoms with Crippen LogP contribution in [-0.2, 0) is 0 Å². The number of rotatable bonds is 5. The average molecular weight is 327 g/mol. The Morgan fingerprint density at radius 1 is 1.13 bits per heavy atom. The van der Waals surface area contributed by atoms with E-state index in [0.717, 1.165) is 22.6 Å². The third-order valence-electron chi connectivity index (χ3n) is 3.13. The lowest BCUT2D eigenvalue weighted by atomic mass is 10.2. The molecule has 0 atom stereocenters. The number of anilines is 1. The average Bonchev–Trinajstić information content (AvgIpc) is 3.06. The van der Waals surface area contributed by atoms with Crippen LogP contribution >= 0.6 is 11.3 Å². The molecule has 4 nitrogen and oxygen atoms in total. The van der Waals surface area contributed by atoms with E-state index in [1.165, 1.54) is 23.5 Å². The van der Waals surface area contributed by atoms with Crippen molar-refractivity contribution >= 4 is 22.7 Å². The Bertz CT molecular complexity index is 797. The minimum absolute atomic E-state index is 0.265. The number of hydrogen-bond donors (Lipinski definition) is 1. The van der Waals surface area contributed by atoms with E-state index in [1.807, 2.05) is 29.6 Å². The van der Waals surface area contributed by atoms with Crippen LogP contribution in [0, 0.1) is 5.82 Å². The number of thiazole rings is 1. The van der Waals surface area contributed by atoms with Crippen LogP contribution in [0.5, 0.6) is 5.75 Å². The Labute approximate surface area is 137 Å². The molecular weight excluding hydrogens is 313 g/mol. The van der Waals surface area contributed by atoms with Gasteiger partial charge in [0, 0.05) is 10.9 Å². The van der Waals surface area contributed by atoms with Crippen molar-refractivity contribution in [2.24, 2.45) is 5.10 Å². The predicted octanol–water partition coefficient (Wildman–Crippen LogP) is 4.40. The Hall–Kier alpha value is -2.73. The summed E-state index contributed by atoms with van der Waals surface area (Å²) < 4.78 is 17.9. The molecule has 6 heteroatoms. The summed E-state index contributed by atoms with van der Waals surface area (Å²) in [7, 11) is 1.64. The van der Waals surface area contributed by atoms with E-state index in [9.17, 15) is 4.39 Å². The largest absolute Gasteiger partial charge is 0.497 e. The van der Waals surface area contributed by atoms with E-state index in [-0.39, 0.29) is 5.82 Å². The lowest BCUT2D eigenvalue weighted by molar-refractivity contribution is 0.415. The van der Waals surface area contributed by atoms with Crippen molar-refractivity contribution in [3.8, 4) is 17.0 Å². The molecule has 2 aromatic carbocycles. The van der Waals surface area contributed by atoms with Crippen LogP contribution in [0.4, 0.5) is 9.52 Å². The van der Waals surface area contributed by atoms with Crippen LogP contribution in [0.25, 0.3) is 11.3 Å². The molecule has 0 unspecified atom stereocenters. The summed E-state index contributed by atoms with van der Waals surface area (Å²) >= 11 is 1.46. The van der Waals surface area contributed by atoms with Gasteiger partial charge in [0.25, 0.3) is 0 Å². The van der Waals surface area contributed by atoms with Crippen molar-refractivity contribution in [1.29, 1.82) is 0 Å². The number of methoxy groups -OCH3 is 1. The number of halogens is 1. The molecule has 0 saturated carbocycles. The van der Waals surface area contributed by atoms with Gasteiger partial charge in [-0.3, -0.25) is 5.43 Å². The lowest BCUT2D eigenvalue weighted by Gasteiger charge is -2.00. The maximum absolute atomic E-state index is 12.8. The number of nitrogens with zero attached hydrogens (tertiary/aromatic N) is 2. The predicted molar refractivity (Wildman–Crippen MR) is 91.7 cm³/mol. The normalized spacial score (nSPS) is 10.9. The summed E-state index contributed by atoms with van der Waals surface area (Å²) in [5, 5.41) is 6.75. The summed E-state index contributed by atoms with van der Waals surface area (Å²) in [5.41, 5.74) is 5.57. The SMILES string of the molecule is COc1ccc(-c2csc(NN=Cc3ccc(F)cc3)n2)cc1. The van der Waals surface area contributed by atoms with Gasteiger partial charge in [-0.2, -0.15) is 5.10 Å². The molecule has 0 aliphatic rings. The molecule has 0 saturated heterocycles. The first kappa shape index (κ1) is 15.2. The molecule has 0 radical (unpaired) electrons. The van der Waals surface area contributed by atoms with E-state index in [1.54, 1.807) is 25.5 Å². The van der Waals surface area contributed by atoms with E-state index >= 15 is 0 Å². The van der Waals surface area contributed by atoms with Gasteiger partial charge in [0.15, 0.2) is 0 Å². The fraction of sp³-hybridized carbons (Fsp3) is 0.0588. The molecular formula is C17H14FN3OS. The van der Waals surface area contributed by atoms with Gasteiger partial charge >= 0.3 is 0 Å². The topological polar surface area (TPSA) is 46.5 Å². The molecule has 0 aliphatic carbocycles. The van der Waals surface area contributed by atoms with E-state index in [2.05, 4.69) is 15.5 Å². The molecule has 0 spiro atoms. The van der Waals surface area contributed by atoms with E-state index in [4.69, 9.17) is 4.74 Å². The van der Waals surface area contributed by atoms with Crippen LogP contribution in [0.1, 0.15) is 5.56 Å². The molecule has 0 amide bonds. The van der Waals surface area contributed by atoms with Crippen molar-refractivity contribution < 1.29 is 9.13 Å². The number of ether oxygens (including phenoxy) is 1. The van der Waals surface area contributed by atoms with E-state index in [0.29, 0.717) is 5.13 Å². The number of benzene rings is 2. The van der Waals surface area contributed by atoms with E-state index < -0.39 is 0 Å². The van der Waals surface area contributed by atoms with Crippen molar-refractivity contribution in [3.63, 3.8) is 0 Å². The van der Waals surface area contributed by atoms with Gasteiger partial charge in [-0.25, -0.2) is 9.37 Å². The lowest BCUT2D eigenvalue weighted by Crippen LogP contribution is -1.90. The zero-order chi connectivity index (χ0) is 16.1. The van der Waals surface area contributed by atoms with Gasteiger partial charge < -0.3 is 4.74 Å². The molecule has 1 N–H and O–H groups in total. The number of hydrazone groups is 1. The number of aromatic nitrogens is 1. The monoisotopic (exact) mass is 327 g/mol. The molecule has 116 valence electrons. The molecule has 23 heavy (non-hydrogen) atoms. The third-order valence-corrected chi connectivity index (χ3v) is 3.88. The fourth-order valence-electron chi connectivity index (χ4n) is 1.93. The summed E-state index contributed by atoms with van der Waals surface area (Å²) in [4.78, 5) is 4.47. The number of nitrogens with one attached hydrogen (secondary N) is 1. The quantitative estimate of drug-likeness (QED) is 0.558. The third kappa shape index (κ3) is 3.92. The highest BCUT2D eigenvalue weighted by Gasteiger charge is 2.04. The van der Waals surface area contributed by atoms with Gasteiger partial charge in [-0.05, 0) is 42.0 Å². The maximum Gasteiger partial charge on any atom is 0.203 e. The first-order valence-corrected chi connectivity index (χ1v) is 7.77. The Balaban J connectivity index is 1.65. The van der Waals surface area contributed by atoms with Crippen LogP contribution in [0.3, 0.4) is 0 Å². The highest BCUT2D eigenvalue weighted by molar-refractivity contribution is 7.14. The van der Waals surface area contributed by atoms with Gasteiger partial charge in [0.2, 0.25) is 5.13 Å². The van der Waals surface area contributed by atoms with Crippen LogP contribution in [0.15, 0.2) is 59.0 Å². The van der Waals surface area contributed by atoms with Crippen molar-refractivity contribution in [1.82, 2.24) is 4.98 Å². The molecule has 1 aromatic heterocycles. The van der Waals surface area contributed by atoms with Crippen LogP contribution in [-0.4, -0.2) is 18.3 Å². The Morgan fingerprint density at radius 2 is 1.87 bits per heavy atom. The van der Waals surface area contributed by atoms with Crippen LogP contribution in [0.2, 0.25) is 0 Å². The molecule has 3 rings (SSSR count). The second kappa shape index (κ2) is 7.02. The standard InChI is InChI=1S/C17H14FN3OS/c1-22-15-8-4-13(5-9-15)16-11-23-17(20-16)21-19-10-12-2-6-14(18)7-3-12/h2-11H,1H3,(H,20,21). The van der Waals surface area contributed by atoms with Gasteiger partial charge in [-0.15, -0.1) is 11.3 Å². The van der Waals surface area contributed by atoms with Gasteiger partial charge in [0.1, 0.15) is 11.6 Å². The number of hydrogen-bond acceptors (Lipinski definition) is 5. The minimum atomic E-state index is -0.265. The first-order chi connectivity index (χ1) is 11.2. The minimum Gasteiger partial charge on any atom is -0.497 e. The Morgan fingerprint density at radius 3 is 2.57 bits per heavy atom. The molecule has 0 aliphatic heterocycles. The van der Waals surface area contributed by atoms with Gasteiger partial charge in [-0.1, -0.05) is 12.1 Å². The Kier molecular flexibility index (Phi) is 4.63. The highest BCUT2D eigenvalue weighted by Crippen LogP contribution is 2.26. The second-order valence-corrected chi connectivity index (χ2v) is 5.55. The second-order valence-electron chi connectivity index (χ2n) is 4.69. The zero-order valence-electron chi connectivity index (χ0n) is 12.4. The molecule has 0 bridgehead atoms.